The average molecular weight is 218 g/mol. The topological polar surface area (TPSA) is 38.0 Å². The van der Waals surface area contributed by atoms with Crippen molar-refractivity contribution in [1.29, 1.82) is 0 Å². The zero-order chi connectivity index (χ0) is 11.5. The highest BCUT2D eigenvalue weighted by Gasteiger charge is 2.18. The highest BCUT2D eigenvalue weighted by Crippen LogP contribution is 2.27. The molecular formula is C14H22N2. The molecule has 0 aliphatic heterocycles. The van der Waals surface area contributed by atoms with Gasteiger partial charge in [-0.05, 0) is 56.2 Å². The van der Waals surface area contributed by atoms with E-state index in [0.717, 1.165) is 11.6 Å². The average Bonchev–Trinajstić information content (AvgIpc) is 2.27. The predicted octanol–water partition coefficient (Wildman–Crippen LogP) is 3.57. The van der Waals surface area contributed by atoms with E-state index >= 15 is 0 Å². The summed E-state index contributed by atoms with van der Waals surface area (Å²) < 4.78 is 0. The molecule has 1 aromatic carbocycles. The third-order valence-corrected chi connectivity index (χ3v) is 3.64. The molecule has 0 saturated heterocycles. The van der Waals surface area contributed by atoms with Gasteiger partial charge in [-0.15, -0.1) is 0 Å². The van der Waals surface area contributed by atoms with E-state index in [0.29, 0.717) is 6.04 Å². The van der Waals surface area contributed by atoms with Crippen LogP contribution in [0.15, 0.2) is 18.2 Å². The molecule has 88 valence electrons. The highest BCUT2D eigenvalue weighted by atomic mass is 14.9. The second-order valence-corrected chi connectivity index (χ2v) is 5.18. The number of aryl methyl sites for hydroxylation is 1. The summed E-state index contributed by atoms with van der Waals surface area (Å²) in [5.74, 6) is 0.903. The number of nitrogen functional groups attached to an aromatic ring is 1. The zero-order valence-corrected chi connectivity index (χ0v) is 10.3. The maximum absolute atomic E-state index is 5.81. The van der Waals surface area contributed by atoms with E-state index in [1.54, 1.807) is 0 Å². The Morgan fingerprint density at radius 1 is 1.19 bits per heavy atom. The molecule has 0 heterocycles. The summed E-state index contributed by atoms with van der Waals surface area (Å²) in [6.45, 7) is 4.48. The summed E-state index contributed by atoms with van der Waals surface area (Å²) in [7, 11) is 0. The third-order valence-electron chi connectivity index (χ3n) is 3.64. The van der Waals surface area contributed by atoms with Gasteiger partial charge in [0.05, 0.1) is 0 Å². The quantitative estimate of drug-likeness (QED) is 0.745. The van der Waals surface area contributed by atoms with Gasteiger partial charge in [0.2, 0.25) is 0 Å². The number of benzene rings is 1. The Bertz CT molecular complexity index is 352. The van der Waals surface area contributed by atoms with Crippen LogP contribution < -0.4 is 11.1 Å². The molecule has 2 heteroatoms. The van der Waals surface area contributed by atoms with Crippen molar-refractivity contribution in [2.24, 2.45) is 5.92 Å². The molecule has 0 aromatic heterocycles. The predicted molar refractivity (Wildman–Crippen MR) is 70.6 cm³/mol. The number of rotatable bonds is 2. The molecule has 1 aliphatic carbocycles. The van der Waals surface area contributed by atoms with Crippen molar-refractivity contribution >= 4 is 11.4 Å². The lowest BCUT2D eigenvalue weighted by Gasteiger charge is -2.28. The molecule has 1 aromatic rings. The van der Waals surface area contributed by atoms with E-state index in [-0.39, 0.29) is 0 Å². The summed E-state index contributed by atoms with van der Waals surface area (Å²) in [5.41, 5.74) is 9.15. The second kappa shape index (κ2) is 4.77. The van der Waals surface area contributed by atoms with Crippen LogP contribution in [0, 0.1) is 12.8 Å². The van der Waals surface area contributed by atoms with Crippen LogP contribution in [0.5, 0.6) is 0 Å². The normalized spacial score (nSPS) is 25.4. The van der Waals surface area contributed by atoms with Crippen molar-refractivity contribution < 1.29 is 0 Å². The molecule has 2 nitrogen and oxygen atoms in total. The molecule has 16 heavy (non-hydrogen) atoms. The molecular weight excluding hydrogens is 196 g/mol. The van der Waals surface area contributed by atoms with Crippen molar-refractivity contribution in [1.82, 2.24) is 0 Å². The summed E-state index contributed by atoms with van der Waals surface area (Å²) >= 11 is 0. The summed E-state index contributed by atoms with van der Waals surface area (Å²) in [4.78, 5) is 0. The standard InChI is InChI=1S/C14H22N2/c1-10-3-7-13(8-4-10)16-14-9-12(15)6-5-11(14)2/h5-6,9-10,13,16H,3-4,7-8,15H2,1-2H3. The van der Waals surface area contributed by atoms with Crippen molar-refractivity contribution in [2.75, 3.05) is 11.1 Å². The Morgan fingerprint density at radius 2 is 1.88 bits per heavy atom. The Labute approximate surface area is 98.2 Å². The Hall–Kier alpha value is -1.18. The van der Waals surface area contributed by atoms with Gasteiger partial charge in [-0.2, -0.15) is 0 Å². The van der Waals surface area contributed by atoms with Crippen LogP contribution in [0.3, 0.4) is 0 Å². The largest absolute Gasteiger partial charge is 0.399 e. The van der Waals surface area contributed by atoms with Crippen molar-refractivity contribution in [3.05, 3.63) is 23.8 Å². The van der Waals surface area contributed by atoms with Gasteiger partial charge in [0.25, 0.3) is 0 Å². The van der Waals surface area contributed by atoms with E-state index in [1.807, 2.05) is 12.1 Å². The summed E-state index contributed by atoms with van der Waals surface area (Å²) in [6, 6.07) is 6.73. The van der Waals surface area contributed by atoms with Crippen LogP contribution in [0.2, 0.25) is 0 Å². The molecule has 0 bridgehead atoms. The smallest absolute Gasteiger partial charge is 0.0392 e. The molecule has 0 spiro atoms. The summed E-state index contributed by atoms with van der Waals surface area (Å²) in [5, 5.41) is 3.63. The van der Waals surface area contributed by atoms with Crippen molar-refractivity contribution in [2.45, 2.75) is 45.6 Å². The van der Waals surface area contributed by atoms with Gasteiger partial charge in [-0.1, -0.05) is 13.0 Å². The Balaban J connectivity index is 2.00. The number of hydrogen-bond donors (Lipinski definition) is 2. The lowest BCUT2D eigenvalue weighted by atomic mass is 9.87. The molecule has 0 atom stereocenters. The van der Waals surface area contributed by atoms with Gasteiger partial charge < -0.3 is 11.1 Å². The minimum Gasteiger partial charge on any atom is -0.399 e. The maximum atomic E-state index is 5.81. The van der Waals surface area contributed by atoms with Crippen LogP contribution in [-0.4, -0.2) is 6.04 Å². The first-order chi connectivity index (χ1) is 7.65. The van der Waals surface area contributed by atoms with Gasteiger partial charge in [-0.3, -0.25) is 0 Å². The molecule has 3 N–H and O–H groups in total. The van der Waals surface area contributed by atoms with Crippen LogP contribution >= 0.6 is 0 Å². The van der Waals surface area contributed by atoms with Gasteiger partial charge in [-0.25, -0.2) is 0 Å². The van der Waals surface area contributed by atoms with Gasteiger partial charge >= 0.3 is 0 Å². The van der Waals surface area contributed by atoms with Crippen LogP contribution in [-0.2, 0) is 0 Å². The summed E-state index contributed by atoms with van der Waals surface area (Å²) in [6.07, 6.45) is 5.27. The SMILES string of the molecule is Cc1ccc(N)cc1NC1CCC(C)CC1. The minimum atomic E-state index is 0.636. The lowest BCUT2D eigenvalue weighted by molar-refractivity contribution is 0.361. The number of nitrogens with one attached hydrogen (secondary N) is 1. The Morgan fingerprint density at radius 3 is 2.56 bits per heavy atom. The molecule has 0 unspecified atom stereocenters. The highest BCUT2D eigenvalue weighted by molar-refractivity contribution is 5.59. The van der Waals surface area contributed by atoms with E-state index < -0.39 is 0 Å². The fourth-order valence-electron chi connectivity index (χ4n) is 2.42. The first-order valence-corrected chi connectivity index (χ1v) is 6.28. The molecule has 2 rings (SSSR count). The van der Waals surface area contributed by atoms with E-state index in [2.05, 4.69) is 25.2 Å². The lowest BCUT2D eigenvalue weighted by Crippen LogP contribution is -2.25. The fourth-order valence-corrected chi connectivity index (χ4v) is 2.42. The number of anilines is 2. The number of hydrogen-bond acceptors (Lipinski definition) is 2. The van der Waals surface area contributed by atoms with E-state index in [4.69, 9.17) is 5.73 Å². The maximum Gasteiger partial charge on any atom is 0.0392 e. The minimum absolute atomic E-state index is 0.636. The molecule has 1 saturated carbocycles. The molecule has 1 fully saturated rings. The first-order valence-electron chi connectivity index (χ1n) is 6.28. The van der Waals surface area contributed by atoms with Crippen LogP contribution in [0.4, 0.5) is 11.4 Å². The molecule has 0 radical (unpaired) electrons. The van der Waals surface area contributed by atoms with Gasteiger partial charge in [0.15, 0.2) is 0 Å². The van der Waals surface area contributed by atoms with Crippen LogP contribution in [0.25, 0.3) is 0 Å². The zero-order valence-electron chi connectivity index (χ0n) is 10.3. The van der Waals surface area contributed by atoms with Gasteiger partial charge in [0, 0.05) is 17.4 Å². The molecule has 0 amide bonds. The fraction of sp³-hybridized carbons (Fsp3) is 0.571. The third kappa shape index (κ3) is 2.69. The second-order valence-electron chi connectivity index (χ2n) is 5.18. The van der Waals surface area contributed by atoms with E-state index in [9.17, 15) is 0 Å². The Kier molecular flexibility index (Phi) is 3.37. The molecule has 1 aliphatic rings. The van der Waals surface area contributed by atoms with Gasteiger partial charge in [0.1, 0.15) is 0 Å². The first kappa shape index (κ1) is 11.3. The van der Waals surface area contributed by atoms with Crippen molar-refractivity contribution in [3.63, 3.8) is 0 Å². The number of nitrogens with two attached hydrogens (primary N) is 1. The van der Waals surface area contributed by atoms with Crippen LogP contribution in [0.1, 0.15) is 38.2 Å². The monoisotopic (exact) mass is 218 g/mol. The van der Waals surface area contributed by atoms with Crippen molar-refractivity contribution in [3.8, 4) is 0 Å². The van der Waals surface area contributed by atoms with E-state index in [1.165, 1.54) is 36.9 Å².